The van der Waals surface area contributed by atoms with Gasteiger partial charge in [-0.3, -0.25) is 4.79 Å². The fraction of sp³-hybridized carbons (Fsp3) is 0.300. The van der Waals surface area contributed by atoms with Gasteiger partial charge in [0, 0.05) is 24.4 Å². The van der Waals surface area contributed by atoms with Crippen molar-refractivity contribution in [3.05, 3.63) is 60.0 Å². The Hall–Kier alpha value is -3.43. The van der Waals surface area contributed by atoms with E-state index < -0.39 is 18.0 Å². The number of benzene rings is 1. The van der Waals surface area contributed by atoms with Crippen molar-refractivity contribution in [1.29, 1.82) is 0 Å². The third kappa shape index (κ3) is 4.42. The average Bonchev–Trinajstić information content (AvgIpc) is 3.24. The van der Waals surface area contributed by atoms with Crippen molar-refractivity contribution in [3.8, 4) is 17.3 Å². The quantitative estimate of drug-likeness (QED) is 0.641. The molecule has 0 bridgehead atoms. The van der Waals surface area contributed by atoms with E-state index >= 15 is 0 Å². The van der Waals surface area contributed by atoms with Gasteiger partial charge in [-0.05, 0) is 18.9 Å². The first kappa shape index (κ1) is 19.9. The predicted octanol–water partition coefficient (Wildman–Crippen LogP) is 3.83. The second-order valence-corrected chi connectivity index (χ2v) is 6.80. The summed E-state index contributed by atoms with van der Waals surface area (Å²) in [6.07, 6.45) is -2.92. The molecule has 1 saturated heterocycles. The van der Waals surface area contributed by atoms with Gasteiger partial charge < -0.3 is 14.2 Å². The molecule has 30 heavy (non-hydrogen) atoms. The summed E-state index contributed by atoms with van der Waals surface area (Å²) in [6, 6.07) is 11.2. The summed E-state index contributed by atoms with van der Waals surface area (Å²) >= 11 is 0. The van der Waals surface area contributed by atoms with Gasteiger partial charge in [0.25, 0.3) is 5.91 Å². The Morgan fingerprint density at radius 1 is 1.20 bits per heavy atom. The zero-order chi connectivity index (χ0) is 21.1. The van der Waals surface area contributed by atoms with Gasteiger partial charge in [-0.1, -0.05) is 35.5 Å². The van der Waals surface area contributed by atoms with Crippen molar-refractivity contribution >= 4 is 5.91 Å². The van der Waals surface area contributed by atoms with Crippen LogP contribution in [-0.2, 0) is 6.18 Å². The first-order chi connectivity index (χ1) is 14.4. The van der Waals surface area contributed by atoms with Gasteiger partial charge in [-0.2, -0.15) is 18.2 Å². The van der Waals surface area contributed by atoms with Gasteiger partial charge in [0.15, 0.2) is 17.1 Å². The van der Waals surface area contributed by atoms with Crippen LogP contribution in [0.3, 0.4) is 0 Å². The lowest BCUT2D eigenvalue weighted by Gasteiger charge is -2.31. The Morgan fingerprint density at radius 3 is 2.77 bits per heavy atom. The molecule has 0 saturated carbocycles. The predicted molar refractivity (Wildman–Crippen MR) is 98.5 cm³/mol. The van der Waals surface area contributed by atoms with Crippen molar-refractivity contribution in [2.45, 2.75) is 25.1 Å². The van der Waals surface area contributed by atoms with E-state index in [1.54, 1.807) is 6.07 Å². The molecule has 1 aromatic carbocycles. The lowest BCUT2D eigenvalue weighted by atomic mass is 10.1. The van der Waals surface area contributed by atoms with Crippen molar-refractivity contribution in [1.82, 2.24) is 20.0 Å². The summed E-state index contributed by atoms with van der Waals surface area (Å²) in [6.45, 7) is 0.668. The maximum Gasteiger partial charge on any atom is 0.433 e. The van der Waals surface area contributed by atoms with Crippen LogP contribution in [0.15, 0.2) is 53.2 Å². The zero-order valence-electron chi connectivity index (χ0n) is 15.7. The third-order valence-corrected chi connectivity index (χ3v) is 4.65. The van der Waals surface area contributed by atoms with Gasteiger partial charge in [-0.15, -0.1) is 0 Å². The molecule has 0 N–H and O–H groups in total. The van der Waals surface area contributed by atoms with Crippen molar-refractivity contribution < 1.29 is 27.2 Å². The molecule has 2 aromatic heterocycles. The van der Waals surface area contributed by atoms with E-state index in [0.717, 1.165) is 17.8 Å². The highest BCUT2D eigenvalue weighted by Crippen LogP contribution is 2.28. The fourth-order valence-corrected chi connectivity index (χ4v) is 3.20. The summed E-state index contributed by atoms with van der Waals surface area (Å²) in [5.74, 6) is 0.139. The van der Waals surface area contributed by atoms with Crippen molar-refractivity contribution in [3.63, 3.8) is 0 Å². The minimum absolute atomic E-state index is 0.157. The summed E-state index contributed by atoms with van der Waals surface area (Å²) < 4.78 is 49.2. The van der Waals surface area contributed by atoms with E-state index in [9.17, 15) is 18.0 Å². The molecule has 1 unspecified atom stereocenters. The molecule has 1 amide bonds. The minimum Gasteiger partial charge on any atom is -0.458 e. The van der Waals surface area contributed by atoms with Crippen LogP contribution >= 0.6 is 0 Å². The van der Waals surface area contributed by atoms with Crippen LogP contribution in [0.4, 0.5) is 13.2 Å². The highest BCUT2D eigenvalue weighted by atomic mass is 19.4. The standard InChI is InChI=1S/C20H17F3N4O3/c21-20(22,23)17-8-9-24-19(25-17)29-14-7-4-10-27(12-14)18(28)15-11-16(30-26-15)13-5-2-1-3-6-13/h1-3,5-6,8-9,11,14H,4,7,10,12H2. The van der Waals surface area contributed by atoms with Crippen LogP contribution in [0.1, 0.15) is 29.0 Å². The van der Waals surface area contributed by atoms with Crippen LogP contribution in [0.2, 0.25) is 0 Å². The minimum atomic E-state index is -4.58. The number of ether oxygens (including phenoxy) is 1. The molecule has 10 heteroatoms. The van der Waals surface area contributed by atoms with Crippen LogP contribution in [0.25, 0.3) is 11.3 Å². The van der Waals surface area contributed by atoms with E-state index in [4.69, 9.17) is 9.26 Å². The van der Waals surface area contributed by atoms with E-state index in [1.165, 1.54) is 4.90 Å². The number of likely N-dealkylation sites (tertiary alicyclic amines) is 1. The SMILES string of the molecule is O=C(c1cc(-c2ccccc2)on1)N1CCCC(Oc2nccc(C(F)(F)F)n2)C1. The molecule has 1 fully saturated rings. The van der Waals surface area contributed by atoms with Crippen LogP contribution in [0.5, 0.6) is 6.01 Å². The van der Waals surface area contributed by atoms with E-state index in [2.05, 4.69) is 15.1 Å². The Labute approximate surface area is 169 Å². The number of halogens is 3. The van der Waals surface area contributed by atoms with Crippen molar-refractivity contribution in [2.24, 2.45) is 0 Å². The van der Waals surface area contributed by atoms with Crippen LogP contribution in [0, 0.1) is 0 Å². The number of amides is 1. The van der Waals surface area contributed by atoms with Gasteiger partial charge in [-0.25, -0.2) is 4.98 Å². The smallest absolute Gasteiger partial charge is 0.433 e. The highest BCUT2D eigenvalue weighted by molar-refractivity contribution is 5.93. The summed E-state index contributed by atoms with van der Waals surface area (Å²) in [7, 11) is 0. The topological polar surface area (TPSA) is 81.4 Å². The number of carbonyl (C=O) groups excluding carboxylic acids is 1. The number of hydrogen-bond donors (Lipinski definition) is 0. The Bertz CT molecular complexity index is 1020. The van der Waals surface area contributed by atoms with Crippen LogP contribution in [-0.4, -0.2) is 45.1 Å². The second-order valence-electron chi connectivity index (χ2n) is 6.80. The fourth-order valence-electron chi connectivity index (χ4n) is 3.20. The lowest BCUT2D eigenvalue weighted by molar-refractivity contribution is -0.141. The molecule has 7 nitrogen and oxygen atoms in total. The summed E-state index contributed by atoms with van der Waals surface area (Å²) in [4.78, 5) is 21.5. The molecule has 3 heterocycles. The van der Waals surface area contributed by atoms with E-state index in [0.29, 0.717) is 25.1 Å². The molecule has 1 aliphatic rings. The molecule has 0 aliphatic carbocycles. The van der Waals surface area contributed by atoms with E-state index in [1.807, 2.05) is 30.3 Å². The third-order valence-electron chi connectivity index (χ3n) is 4.65. The maximum absolute atomic E-state index is 12.8. The lowest BCUT2D eigenvalue weighted by Crippen LogP contribution is -2.44. The largest absolute Gasteiger partial charge is 0.458 e. The highest BCUT2D eigenvalue weighted by Gasteiger charge is 2.34. The van der Waals surface area contributed by atoms with Gasteiger partial charge in [0.1, 0.15) is 6.10 Å². The van der Waals surface area contributed by atoms with Crippen LogP contribution < -0.4 is 4.74 Å². The molecular weight excluding hydrogens is 401 g/mol. The number of carbonyl (C=O) groups is 1. The molecule has 0 spiro atoms. The Balaban J connectivity index is 1.43. The van der Waals surface area contributed by atoms with Crippen molar-refractivity contribution in [2.75, 3.05) is 13.1 Å². The summed E-state index contributed by atoms with van der Waals surface area (Å²) in [5.41, 5.74) is -0.122. The molecule has 4 rings (SSSR count). The Kier molecular flexibility index (Phi) is 5.39. The molecule has 156 valence electrons. The number of piperidine rings is 1. The first-order valence-electron chi connectivity index (χ1n) is 9.28. The number of aromatic nitrogens is 3. The van der Waals surface area contributed by atoms with Gasteiger partial charge in [0.2, 0.25) is 0 Å². The van der Waals surface area contributed by atoms with Gasteiger partial charge in [0.05, 0.1) is 6.54 Å². The number of hydrogen-bond acceptors (Lipinski definition) is 6. The normalized spacial score (nSPS) is 17.0. The molecular formula is C20H17F3N4O3. The number of nitrogens with zero attached hydrogens (tertiary/aromatic N) is 4. The van der Waals surface area contributed by atoms with Gasteiger partial charge >= 0.3 is 12.2 Å². The maximum atomic E-state index is 12.8. The molecule has 1 atom stereocenters. The number of rotatable bonds is 4. The monoisotopic (exact) mass is 418 g/mol. The Morgan fingerprint density at radius 2 is 2.00 bits per heavy atom. The first-order valence-corrected chi connectivity index (χ1v) is 9.28. The second kappa shape index (κ2) is 8.13. The molecule has 0 radical (unpaired) electrons. The average molecular weight is 418 g/mol. The number of alkyl halides is 3. The van der Waals surface area contributed by atoms with E-state index in [-0.39, 0.29) is 24.2 Å². The zero-order valence-corrected chi connectivity index (χ0v) is 15.7. The molecule has 1 aliphatic heterocycles. The molecule has 3 aromatic rings. The summed E-state index contributed by atoms with van der Waals surface area (Å²) in [5, 5.41) is 3.86.